The molecule has 78 valence electrons. The Labute approximate surface area is 91.5 Å². The number of aromatic nitrogens is 3. The van der Waals surface area contributed by atoms with Gasteiger partial charge >= 0.3 is 0 Å². The maximum absolute atomic E-state index is 13.0. The SMILES string of the molecule is CC(c1cccc(F)c1)n1cnnc1Cl. The second-order valence-corrected chi connectivity index (χ2v) is 3.58. The molecule has 0 spiro atoms. The molecule has 0 aliphatic carbocycles. The van der Waals surface area contributed by atoms with Gasteiger partial charge in [-0.1, -0.05) is 12.1 Å². The van der Waals surface area contributed by atoms with E-state index in [1.54, 1.807) is 10.6 Å². The third kappa shape index (κ3) is 1.99. The molecule has 5 heteroatoms. The van der Waals surface area contributed by atoms with Crippen LogP contribution in [0.25, 0.3) is 0 Å². The number of hydrogen-bond acceptors (Lipinski definition) is 2. The van der Waals surface area contributed by atoms with E-state index in [0.29, 0.717) is 5.28 Å². The van der Waals surface area contributed by atoms with Crippen molar-refractivity contribution in [1.29, 1.82) is 0 Å². The minimum Gasteiger partial charge on any atom is -0.297 e. The van der Waals surface area contributed by atoms with E-state index in [9.17, 15) is 4.39 Å². The Kier molecular flexibility index (Phi) is 2.68. The van der Waals surface area contributed by atoms with Crippen LogP contribution in [0.5, 0.6) is 0 Å². The lowest BCUT2D eigenvalue weighted by atomic mass is 10.1. The molecule has 0 radical (unpaired) electrons. The van der Waals surface area contributed by atoms with Crippen molar-refractivity contribution in [1.82, 2.24) is 14.8 Å². The lowest BCUT2D eigenvalue weighted by Crippen LogP contribution is -2.05. The van der Waals surface area contributed by atoms with Gasteiger partial charge < -0.3 is 0 Å². The smallest absolute Gasteiger partial charge is 0.225 e. The zero-order valence-corrected chi connectivity index (χ0v) is 8.82. The standard InChI is InChI=1S/C10H9ClFN3/c1-7(15-6-13-14-10(15)11)8-3-2-4-9(12)5-8/h2-7H,1H3. The van der Waals surface area contributed by atoms with E-state index >= 15 is 0 Å². The molecular weight excluding hydrogens is 217 g/mol. The molecule has 1 atom stereocenters. The van der Waals surface area contributed by atoms with Gasteiger partial charge in [0.25, 0.3) is 0 Å². The van der Waals surface area contributed by atoms with Crippen LogP contribution in [-0.2, 0) is 0 Å². The van der Waals surface area contributed by atoms with Crippen LogP contribution < -0.4 is 0 Å². The van der Waals surface area contributed by atoms with Crippen LogP contribution in [-0.4, -0.2) is 14.8 Å². The highest BCUT2D eigenvalue weighted by molar-refractivity contribution is 6.28. The van der Waals surface area contributed by atoms with Crippen LogP contribution in [0, 0.1) is 5.82 Å². The van der Waals surface area contributed by atoms with Crippen molar-refractivity contribution in [3.63, 3.8) is 0 Å². The highest BCUT2D eigenvalue weighted by Gasteiger charge is 2.11. The molecule has 0 aliphatic heterocycles. The van der Waals surface area contributed by atoms with E-state index in [-0.39, 0.29) is 11.9 Å². The van der Waals surface area contributed by atoms with Crippen molar-refractivity contribution in [2.45, 2.75) is 13.0 Å². The number of hydrogen-bond donors (Lipinski definition) is 0. The van der Waals surface area contributed by atoms with Crippen molar-refractivity contribution < 1.29 is 4.39 Å². The van der Waals surface area contributed by atoms with Crippen molar-refractivity contribution in [2.75, 3.05) is 0 Å². The van der Waals surface area contributed by atoms with Crippen LogP contribution in [0.4, 0.5) is 4.39 Å². The molecule has 0 N–H and O–H groups in total. The lowest BCUT2D eigenvalue weighted by Gasteiger charge is -2.13. The molecule has 1 heterocycles. The Bertz CT molecular complexity index is 469. The summed E-state index contributed by atoms with van der Waals surface area (Å²) < 4.78 is 14.7. The molecule has 0 aliphatic rings. The summed E-state index contributed by atoms with van der Waals surface area (Å²) in [6.07, 6.45) is 1.53. The topological polar surface area (TPSA) is 30.7 Å². The zero-order valence-electron chi connectivity index (χ0n) is 8.06. The first-order chi connectivity index (χ1) is 7.18. The van der Waals surface area contributed by atoms with Crippen LogP contribution >= 0.6 is 11.6 Å². The average molecular weight is 226 g/mol. The van der Waals surface area contributed by atoms with Gasteiger partial charge in [0.2, 0.25) is 5.28 Å². The van der Waals surface area contributed by atoms with Crippen molar-refractivity contribution >= 4 is 11.6 Å². The van der Waals surface area contributed by atoms with Gasteiger partial charge in [0.1, 0.15) is 12.1 Å². The van der Waals surface area contributed by atoms with Crippen molar-refractivity contribution in [3.8, 4) is 0 Å². The summed E-state index contributed by atoms with van der Waals surface area (Å²) in [6, 6.07) is 6.30. The largest absolute Gasteiger partial charge is 0.297 e. The average Bonchev–Trinajstić information content (AvgIpc) is 2.63. The first-order valence-electron chi connectivity index (χ1n) is 4.49. The molecular formula is C10H9ClFN3. The summed E-state index contributed by atoms with van der Waals surface area (Å²) in [7, 11) is 0. The van der Waals surface area contributed by atoms with Crippen LogP contribution in [0.3, 0.4) is 0 Å². The number of rotatable bonds is 2. The number of halogens is 2. The van der Waals surface area contributed by atoms with Gasteiger partial charge in [-0.15, -0.1) is 10.2 Å². The van der Waals surface area contributed by atoms with Gasteiger partial charge in [-0.2, -0.15) is 0 Å². The fourth-order valence-corrected chi connectivity index (χ4v) is 1.65. The Morgan fingerprint density at radius 3 is 2.87 bits per heavy atom. The maximum Gasteiger partial charge on any atom is 0.225 e. The predicted molar refractivity (Wildman–Crippen MR) is 55.2 cm³/mol. The van der Waals surface area contributed by atoms with E-state index in [4.69, 9.17) is 11.6 Å². The second kappa shape index (κ2) is 3.98. The molecule has 2 rings (SSSR count). The highest BCUT2D eigenvalue weighted by Crippen LogP contribution is 2.21. The minimum absolute atomic E-state index is 0.0804. The molecule has 0 amide bonds. The van der Waals surface area contributed by atoms with Gasteiger partial charge in [0.05, 0.1) is 6.04 Å². The van der Waals surface area contributed by atoms with E-state index in [1.807, 2.05) is 13.0 Å². The maximum atomic E-state index is 13.0. The summed E-state index contributed by atoms with van der Waals surface area (Å²) in [4.78, 5) is 0. The molecule has 15 heavy (non-hydrogen) atoms. The highest BCUT2D eigenvalue weighted by atomic mass is 35.5. The zero-order chi connectivity index (χ0) is 10.8. The molecule has 0 saturated heterocycles. The monoisotopic (exact) mass is 225 g/mol. The number of benzene rings is 1. The molecule has 2 aromatic rings. The Balaban J connectivity index is 2.36. The quantitative estimate of drug-likeness (QED) is 0.787. The Morgan fingerprint density at radius 2 is 2.27 bits per heavy atom. The summed E-state index contributed by atoms with van der Waals surface area (Å²) in [5.74, 6) is -0.261. The fourth-order valence-electron chi connectivity index (χ4n) is 1.42. The first kappa shape index (κ1) is 10.1. The van der Waals surface area contributed by atoms with E-state index in [1.165, 1.54) is 18.5 Å². The number of nitrogens with zero attached hydrogens (tertiary/aromatic N) is 3. The molecule has 1 unspecified atom stereocenters. The summed E-state index contributed by atoms with van der Waals surface area (Å²) in [6.45, 7) is 1.91. The van der Waals surface area contributed by atoms with Gasteiger partial charge in [0.15, 0.2) is 0 Å². The van der Waals surface area contributed by atoms with Crippen molar-refractivity contribution in [3.05, 3.63) is 47.3 Å². The third-order valence-electron chi connectivity index (χ3n) is 2.28. The Morgan fingerprint density at radius 1 is 1.47 bits per heavy atom. The molecule has 0 bridgehead atoms. The van der Waals surface area contributed by atoms with Crippen LogP contribution in [0.15, 0.2) is 30.6 Å². The van der Waals surface area contributed by atoms with E-state index in [2.05, 4.69) is 10.2 Å². The first-order valence-corrected chi connectivity index (χ1v) is 4.87. The molecule has 1 aromatic carbocycles. The van der Waals surface area contributed by atoms with Crippen LogP contribution in [0.2, 0.25) is 5.28 Å². The predicted octanol–water partition coefficient (Wildman–Crippen LogP) is 2.68. The molecule has 0 fully saturated rings. The summed E-state index contributed by atoms with van der Waals surface area (Å²) >= 11 is 5.82. The minimum atomic E-state index is -0.261. The summed E-state index contributed by atoms with van der Waals surface area (Å²) in [5.41, 5.74) is 0.830. The van der Waals surface area contributed by atoms with Gasteiger partial charge in [0, 0.05) is 0 Å². The molecule has 3 nitrogen and oxygen atoms in total. The van der Waals surface area contributed by atoms with E-state index in [0.717, 1.165) is 5.56 Å². The van der Waals surface area contributed by atoms with Gasteiger partial charge in [-0.25, -0.2) is 4.39 Å². The molecule has 0 saturated carbocycles. The lowest BCUT2D eigenvalue weighted by molar-refractivity contribution is 0.603. The third-order valence-corrected chi connectivity index (χ3v) is 2.55. The van der Waals surface area contributed by atoms with E-state index < -0.39 is 0 Å². The fraction of sp³-hybridized carbons (Fsp3) is 0.200. The van der Waals surface area contributed by atoms with Gasteiger partial charge in [-0.3, -0.25) is 4.57 Å². The van der Waals surface area contributed by atoms with Crippen molar-refractivity contribution in [2.24, 2.45) is 0 Å². The Hall–Kier alpha value is -1.42. The molecule has 1 aromatic heterocycles. The normalized spacial score (nSPS) is 12.7. The second-order valence-electron chi connectivity index (χ2n) is 3.24. The summed E-state index contributed by atoms with van der Waals surface area (Å²) in [5, 5.41) is 7.65. The van der Waals surface area contributed by atoms with Crippen LogP contribution in [0.1, 0.15) is 18.5 Å². The van der Waals surface area contributed by atoms with Gasteiger partial charge in [-0.05, 0) is 36.2 Å².